The highest BCUT2D eigenvalue weighted by Gasteiger charge is 2.10. The van der Waals surface area contributed by atoms with Gasteiger partial charge >= 0.3 is 5.69 Å². The fourth-order valence-electron chi connectivity index (χ4n) is 1.89. The van der Waals surface area contributed by atoms with Gasteiger partial charge in [-0.05, 0) is 24.3 Å². The second-order valence-electron chi connectivity index (χ2n) is 4.14. The number of hydrazine groups is 1. The Labute approximate surface area is 118 Å². The van der Waals surface area contributed by atoms with Crippen molar-refractivity contribution in [2.45, 2.75) is 6.54 Å². The number of aromatic nitrogens is 4. The minimum Gasteiger partial charge on any atom is -0.308 e. The molecule has 3 aromatic heterocycles. The van der Waals surface area contributed by atoms with Crippen molar-refractivity contribution < 1.29 is 0 Å². The molecule has 0 saturated carbocycles. The van der Waals surface area contributed by atoms with Crippen molar-refractivity contribution >= 4 is 23.1 Å². The summed E-state index contributed by atoms with van der Waals surface area (Å²) in [5.74, 6) is 5.78. The molecule has 0 saturated heterocycles. The van der Waals surface area contributed by atoms with E-state index in [1.807, 2.05) is 6.07 Å². The quantitative estimate of drug-likeness (QED) is 0.552. The van der Waals surface area contributed by atoms with Crippen LogP contribution in [0.2, 0.25) is 5.02 Å². The van der Waals surface area contributed by atoms with Gasteiger partial charge in [0.05, 0.1) is 17.3 Å². The molecule has 0 fully saturated rings. The van der Waals surface area contributed by atoms with Crippen molar-refractivity contribution in [3.8, 4) is 0 Å². The minimum atomic E-state index is -0.246. The van der Waals surface area contributed by atoms with Crippen molar-refractivity contribution in [2.24, 2.45) is 5.84 Å². The molecule has 0 aliphatic heterocycles. The Hall–Kier alpha value is -2.38. The summed E-state index contributed by atoms with van der Waals surface area (Å²) in [5, 5.41) is 4.67. The van der Waals surface area contributed by atoms with Crippen LogP contribution in [-0.2, 0) is 6.54 Å². The Morgan fingerprint density at radius 1 is 1.30 bits per heavy atom. The van der Waals surface area contributed by atoms with Gasteiger partial charge in [0.1, 0.15) is 5.82 Å². The van der Waals surface area contributed by atoms with Crippen LogP contribution in [0, 0.1) is 0 Å². The molecule has 0 atom stereocenters. The Morgan fingerprint density at radius 3 is 2.90 bits per heavy atom. The maximum atomic E-state index is 12.2. The number of nitrogen functional groups attached to an aromatic ring is 1. The van der Waals surface area contributed by atoms with Crippen LogP contribution in [0.1, 0.15) is 5.69 Å². The minimum absolute atomic E-state index is 0.175. The molecule has 8 heteroatoms. The van der Waals surface area contributed by atoms with Gasteiger partial charge in [0.2, 0.25) is 0 Å². The van der Waals surface area contributed by atoms with E-state index in [4.69, 9.17) is 17.4 Å². The smallest absolute Gasteiger partial charge is 0.308 e. The first-order valence-corrected chi connectivity index (χ1v) is 6.23. The van der Waals surface area contributed by atoms with E-state index in [0.717, 1.165) is 0 Å². The second-order valence-corrected chi connectivity index (χ2v) is 4.55. The van der Waals surface area contributed by atoms with Gasteiger partial charge in [-0.2, -0.15) is 0 Å². The summed E-state index contributed by atoms with van der Waals surface area (Å²) in [6, 6.07) is 8.66. The van der Waals surface area contributed by atoms with Gasteiger partial charge < -0.3 is 5.43 Å². The highest BCUT2D eigenvalue weighted by Crippen LogP contribution is 2.16. The summed E-state index contributed by atoms with van der Waals surface area (Å²) in [4.78, 5) is 16.4. The average Bonchev–Trinajstić information content (AvgIpc) is 2.78. The lowest BCUT2D eigenvalue weighted by atomic mass is 10.3. The van der Waals surface area contributed by atoms with E-state index in [1.54, 1.807) is 30.5 Å². The van der Waals surface area contributed by atoms with Crippen LogP contribution in [0.15, 0.2) is 41.3 Å². The van der Waals surface area contributed by atoms with E-state index in [0.29, 0.717) is 22.2 Å². The molecule has 20 heavy (non-hydrogen) atoms. The predicted octanol–water partition coefficient (Wildman–Crippen LogP) is 0.878. The van der Waals surface area contributed by atoms with Gasteiger partial charge in [0, 0.05) is 6.20 Å². The first-order chi connectivity index (χ1) is 9.69. The number of hydrogen-bond acceptors (Lipinski definition) is 5. The first kappa shape index (κ1) is 12.6. The van der Waals surface area contributed by atoms with Gasteiger partial charge in [-0.25, -0.2) is 20.3 Å². The average molecular weight is 291 g/mol. The molecule has 0 aliphatic rings. The van der Waals surface area contributed by atoms with Crippen LogP contribution in [0.4, 0.5) is 5.82 Å². The molecule has 3 rings (SSSR count). The molecule has 0 aliphatic carbocycles. The Bertz CT molecular complexity index is 824. The normalized spacial score (nSPS) is 10.9. The number of nitrogens with zero attached hydrogens (tertiary/aromatic N) is 4. The lowest BCUT2D eigenvalue weighted by Crippen LogP contribution is -2.22. The van der Waals surface area contributed by atoms with E-state index in [2.05, 4.69) is 15.5 Å². The van der Waals surface area contributed by atoms with Crippen LogP contribution < -0.4 is 17.0 Å². The maximum Gasteiger partial charge on any atom is 0.350 e. The van der Waals surface area contributed by atoms with Gasteiger partial charge in [0.15, 0.2) is 5.65 Å². The predicted molar refractivity (Wildman–Crippen MR) is 75.6 cm³/mol. The lowest BCUT2D eigenvalue weighted by Gasteiger charge is -2.05. The molecule has 0 aromatic carbocycles. The molecule has 0 bridgehead atoms. The fraction of sp³-hybridized carbons (Fsp3) is 0.0833. The van der Waals surface area contributed by atoms with E-state index < -0.39 is 0 Å². The van der Waals surface area contributed by atoms with Crippen molar-refractivity contribution in [3.63, 3.8) is 0 Å². The van der Waals surface area contributed by atoms with Gasteiger partial charge in [-0.1, -0.05) is 17.7 Å². The first-order valence-electron chi connectivity index (χ1n) is 5.85. The number of fused-ring (bicyclic) bond motifs is 1. The topological polar surface area (TPSA) is 90.2 Å². The van der Waals surface area contributed by atoms with Crippen molar-refractivity contribution in [2.75, 3.05) is 5.43 Å². The number of anilines is 1. The highest BCUT2D eigenvalue weighted by atomic mass is 35.5. The number of nitrogens with two attached hydrogens (primary N) is 1. The molecule has 102 valence electrons. The lowest BCUT2D eigenvalue weighted by molar-refractivity contribution is 0.647. The van der Waals surface area contributed by atoms with Crippen LogP contribution in [0.25, 0.3) is 5.65 Å². The van der Waals surface area contributed by atoms with Crippen LogP contribution in [0.3, 0.4) is 0 Å². The molecular formula is C12H11ClN6O. The van der Waals surface area contributed by atoms with Gasteiger partial charge in [-0.15, -0.1) is 5.10 Å². The Morgan fingerprint density at radius 2 is 2.15 bits per heavy atom. The van der Waals surface area contributed by atoms with Crippen LogP contribution in [-0.4, -0.2) is 19.2 Å². The van der Waals surface area contributed by atoms with Crippen LogP contribution >= 0.6 is 11.6 Å². The summed E-state index contributed by atoms with van der Waals surface area (Å²) in [5.41, 5.74) is 3.29. The SMILES string of the molecule is NNc1ccc(Cl)c(Cn2nc3ccccn3c2=O)n1. The number of nitrogens with one attached hydrogen (secondary N) is 1. The summed E-state index contributed by atoms with van der Waals surface area (Å²) in [7, 11) is 0. The molecular weight excluding hydrogens is 280 g/mol. The molecule has 0 radical (unpaired) electrons. The Balaban J connectivity index is 2.05. The summed E-state index contributed by atoms with van der Waals surface area (Å²) in [6.07, 6.45) is 1.66. The summed E-state index contributed by atoms with van der Waals surface area (Å²) >= 11 is 6.07. The molecule has 3 heterocycles. The van der Waals surface area contributed by atoms with Crippen molar-refractivity contribution in [1.29, 1.82) is 0 Å². The highest BCUT2D eigenvalue weighted by molar-refractivity contribution is 6.31. The van der Waals surface area contributed by atoms with E-state index >= 15 is 0 Å². The van der Waals surface area contributed by atoms with Crippen LogP contribution in [0.5, 0.6) is 0 Å². The van der Waals surface area contributed by atoms with E-state index in [-0.39, 0.29) is 12.2 Å². The van der Waals surface area contributed by atoms with E-state index in [1.165, 1.54) is 9.08 Å². The molecule has 3 N–H and O–H groups in total. The summed E-state index contributed by atoms with van der Waals surface area (Å²) in [6.45, 7) is 0.175. The fourth-order valence-corrected chi connectivity index (χ4v) is 2.05. The molecule has 0 unspecified atom stereocenters. The van der Waals surface area contributed by atoms with E-state index in [9.17, 15) is 4.79 Å². The summed E-state index contributed by atoms with van der Waals surface area (Å²) < 4.78 is 2.77. The van der Waals surface area contributed by atoms with Crippen molar-refractivity contribution in [3.05, 3.63) is 57.7 Å². The maximum absolute atomic E-state index is 12.2. The molecule has 7 nitrogen and oxygen atoms in total. The molecule has 0 amide bonds. The van der Waals surface area contributed by atoms with Crippen molar-refractivity contribution in [1.82, 2.24) is 19.2 Å². The number of halogens is 1. The van der Waals surface area contributed by atoms with Gasteiger partial charge in [-0.3, -0.25) is 4.40 Å². The zero-order chi connectivity index (χ0) is 14.1. The molecule has 0 spiro atoms. The largest absolute Gasteiger partial charge is 0.350 e. The Kier molecular flexibility index (Phi) is 3.13. The number of hydrogen-bond donors (Lipinski definition) is 2. The molecule has 3 aromatic rings. The third kappa shape index (κ3) is 2.13. The zero-order valence-electron chi connectivity index (χ0n) is 10.3. The standard InChI is InChI=1S/C12H11ClN6O/c13-8-4-5-10(16-14)15-9(8)7-19-12(20)18-6-2-1-3-11(18)17-19/h1-6H,7,14H2,(H,15,16). The third-order valence-corrected chi connectivity index (χ3v) is 3.20. The van der Waals surface area contributed by atoms with Gasteiger partial charge in [0.25, 0.3) is 0 Å². The monoisotopic (exact) mass is 290 g/mol. The third-order valence-electron chi connectivity index (χ3n) is 2.85. The number of pyridine rings is 2. The number of rotatable bonds is 3. The second kappa shape index (κ2) is 4.95. The zero-order valence-corrected chi connectivity index (χ0v) is 11.1.